The molecule has 0 aliphatic carbocycles. The SMILES string of the molecule is C=CC[C@H]1CCC(C(=O)NCCCCC)=CN1C(=O)OC. The zero-order valence-electron chi connectivity index (χ0n) is 13.1. The second kappa shape index (κ2) is 9.21. The van der Waals surface area contributed by atoms with Crippen molar-refractivity contribution in [1.29, 1.82) is 0 Å². The molecule has 0 fully saturated rings. The van der Waals surface area contributed by atoms with Gasteiger partial charge in [-0.05, 0) is 25.7 Å². The molecule has 1 N–H and O–H groups in total. The normalized spacial score (nSPS) is 17.9. The van der Waals surface area contributed by atoms with Crippen LogP contribution in [0.15, 0.2) is 24.4 Å². The molecule has 0 bridgehead atoms. The average molecular weight is 294 g/mol. The molecular formula is C16H26N2O3. The Morgan fingerprint density at radius 3 is 2.90 bits per heavy atom. The first kappa shape index (κ1) is 17.3. The zero-order valence-corrected chi connectivity index (χ0v) is 13.1. The highest BCUT2D eigenvalue weighted by Crippen LogP contribution is 2.24. The Hall–Kier alpha value is -1.78. The van der Waals surface area contributed by atoms with Crippen molar-refractivity contribution in [3.8, 4) is 0 Å². The fourth-order valence-corrected chi connectivity index (χ4v) is 2.39. The maximum Gasteiger partial charge on any atom is 0.413 e. The number of rotatable bonds is 7. The monoisotopic (exact) mass is 294 g/mol. The van der Waals surface area contributed by atoms with Gasteiger partial charge in [0.05, 0.1) is 7.11 Å². The lowest BCUT2D eigenvalue weighted by molar-refractivity contribution is -0.117. The predicted molar refractivity (Wildman–Crippen MR) is 82.7 cm³/mol. The fourth-order valence-electron chi connectivity index (χ4n) is 2.39. The zero-order chi connectivity index (χ0) is 15.7. The van der Waals surface area contributed by atoms with Gasteiger partial charge in [-0.1, -0.05) is 25.8 Å². The topological polar surface area (TPSA) is 58.6 Å². The van der Waals surface area contributed by atoms with Crippen molar-refractivity contribution in [2.75, 3.05) is 13.7 Å². The maximum absolute atomic E-state index is 12.1. The summed E-state index contributed by atoms with van der Waals surface area (Å²) < 4.78 is 4.78. The minimum Gasteiger partial charge on any atom is -0.452 e. The minimum absolute atomic E-state index is 0.0200. The number of amides is 2. The Bertz CT molecular complexity index is 404. The van der Waals surface area contributed by atoms with Gasteiger partial charge in [0.2, 0.25) is 5.91 Å². The smallest absolute Gasteiger partial charge is 0.413 e. The highest BCUT2D eigenvalue weighted by Gasteiger charge is 2.28. The van der Waals surface area contributed by atoms with E-state index in [1.54, 1.807) is 12.3 Å². The second-order valence-electron chi connectivity index (χ2n) is 5.21. The van der Waals surface area contributed by atoms with E-state index in [1.807, 2.05) is 0 Å². The van der Waals surface area contributed by atoms with Gasteiger partial charge in [0.1, 0.15) is 0 Å². The lowest BCUT2D eigenvalue weighted by Gasteiger charge is -2.31. The van der Waals surface area contributed by atoms with Gasteiger partial charge < -0.3 is 10.1 Å². The molecule has 0 saturated heterocycles. The maximum atomic E-state index is 12.1. The largest absolute Gasteiger partial charge is 0.452 e. The molecule has 0 unspecified atom stereocenters. The summed E-state index contributed by atoms with van der Waals surface area (Å²) in [6, 6.07) is 0.0200. The summed E-state index contributed by atoms with van der Waals surface area (Å²) in [5.74, 6) is -0.0861. The first-order valence-corrected chi connectivity index (χ1v) is 7.60. The van der Waals surface area contributed by atoms with Crippen LogP contribution in [0.25, 0.3) is 0 Å². The summed E-state index contributed by atoms with van der Waals surface area (Å²) in [6.07, 6.45) is 8.29. The summed E-state index contributed by atoms with van der Waals surface area (Å²) in [4.78, 5) is 25.4. The van der Waals surface area contributed by atoms with Crippen molar-refractivity contribution >= 4 is 12.0 Å². The molecule has 5 nitrogen and oxygen atoms in total. The van der Waals surface area contributed by atoms with Crippen LogP contribution in [-0.4, -0.2) is 36.6 Å². The van der Waals surface area contributed by atoms with Crippen LogP contribution in [-0.2, 0) is 9.53 Å². The van der Waals surface area contributed by atoms with Gasteiger partial charge in [0.15, 0.2) is 0 Å². The number of methoxy groups -OCH3 is 1. The van der Waals surface area contributed by atoms with E-state index in [4.69, 9.17) is 4.74 Å². The van der Waals surface area contributed by atoms with E-state index >= 15 is 0 Å². The number of nitrogens with zero attached hydrogens (tertiary/aromatic N) is 1. The van der Waals surface area contributed by atoms with Gasteiger partial charge in [-0.3, -0.25) is 9.69 Å². The van der Waals surface area contributed by atoms with E-state index in [0.29, 0.717) is 25.0 Å². The molecule has 1 aliphatic heterocycles. The summed E-state index contributed by atoms with van der Waals surface area (Å²) in [7, 11) is 1.35. The van der Waals surface area contributed by atoms with Crippen LogP contribution >= 0.6 is 0 Å². The Kier molecular flexibility index (Phi) is 7.58. The first-order chi connectivity index (χ1) is 10.1. The molecule has 1 atom stereocenters. The van der Waals surface area contributed by atoms with Crippen LogP contribution in [0.2, 0.25) is 0 Å². The van der Waals surface area contributed by atoms with Crippen molar-refractivity contribution in [1.82, 2.24) is 10.2 Å². The number of carbonyl (C=O) groups is 2. The number of nitrogens with one attached hydrogen (secondary N) is 1. The summed E-state index contributed by atoms with van der Waals surface area (Å²) in [5.41, 5.74) is 0.636. The van der Waals surface area contributed by atoms with E-state index in [0.717, 1.165) is 25.7 Å². The van der Waals surface area contributed by atoms with Gasteiger partial charge in [0, 0.05) is 24.4 Å². The Morgan fingerprint density at radius 2 is 2.29 bits per heavy atom. The fraction of sp³-hybridized carbons (Fsp3) is 0.625. The van der Waals surface area contributed by atoms with Gasteiger partial charge in [0.25, 0.3) is 0 Å². The molecule has 118 valence electrons. The third kappa shape index (κ3) is 5.25. The summed E-state index contributed by atoms with van der Waals surface area (Å²) in [5, 5.41) is 2.91. The lowest BCUT2D eigenvalue weighted by atomic mass is 9.98. The molecule has 21 heavy (non-hydrogen) atoms. The van der Waals surface area contributed by atoms with E-state index in [9.17, 15) is 9.59 Å². The summed E-state index contributed by atoms with van der Waals surface area (Å²) >= 11 is 0. The standard InChI is InChI=1S/C16H26N2O3/c1-4-6-7-11-17-15(19)13-9-10-14(8-5-2)18(12-13)16(20)21-3/h5,12,14H,2,4,6-11H2,1,3H3,(H,17,19)/t14-/m0/s1. The van der Waals surface area contributed by atoms with Crippen LogP contribution in [0.5, 0.6) is 0 Å². The van der Waals surface area contributed by atoms with Gasteiger partial charge >= 0.3 is 6.09 Å². The predicted octanol–water partition coefficient (Wildman–Crippen LogP) is 2.98. The van der Waals surface area contributed by atoms with Crippen molar-refractivity contribution < 1.29 is 14.3 Å². The number of hydrogen-bond acceptors (Lipinski definition) is 3. The van der Waals surface area contributed by atoms with Crippen LogP contribution in [0.3, 0.4) is 0 Å². The molecule has 5 heteroatoms. The van der Waals surface area contributed by atoms with Crippen molar-refractivity contribution in [3.63, 3.8) is 0 Å². The number of unbranched alkanes of at least 4 members (excludes halogenated alkanes) is 2. The average Bonchev–Trinajstić information content (AvgIpc) is 2.51. The van der Waals surface area contributed by atoms with Gasteiger partial charge in [-0.2, -0.15) is 0 Å². The van der Waals surface area contributed by atoms with Gasteiger partial charge in [-0.25, -0.2) is 4.79 Å². The molecule has 2 amide bonds. The minimum atomic E-state index is -0.433. The third-order valence-electron chi connectivity index (χ3n) is 3.62. The third-order valence-corrected chi connectivity index (χ3v) is 3.62. The first-order valence-electron chi connectivity index (χ1n) is 7.60. The highest BCUT2D eigenvalue weighted by molar-refractivity contribution is 5.94. The van der Waals surface area contributed by atoms with Crippen LogP contribution < -0.4 is 5.32 Å². The number of ether oxygens (including phenoxy) is 1. The molecule has 0 saturated carbocycles. The number of hydrogen-bond donors (Lipinski definition) is 1. The highest BCUT2D eigenvalue weighted by atomic mass is 16.5. The van der Waals surface area contributed by atoms with Gasteiger partial charge in [-0.15, -0.1) is 6.58 Å². The molecule has 1 rings (SSSR count). The number of carbonyl (C=O) groups excluding carboxylic acids is 2. The van der Waals surface area contributed by atoms with E-state index in [2.05, 4.69) is 18.8 Å². The molecule has 0 aromatic carbocycles. The molecule has 0 aromatic rings. The molecule has 0 spiro atoms. The van der Waals surface area contributed by atoms with E-state index in [-0.39, 0.29) is 11.9 Å². The molecular weight excluding hydrogens is 268 g/mol. The van der Waals surface area contributed by atoms with Crippen molar-refractivity contribution in [3.05, 3.63) is 24.4 Å². The Morgan fingerprint density at radius 1 is 1.52 bits per heavy atom. The van der Waals surface area contributed by atoms with E-state index < -0.39 is 6.09 Å². The quantitative estimate of drug-likeness (QED) is 0.580. The Balaban J connectivity index is 2.67. The molecule has 1 heterocycles. The van der Waals surface area contributed by atoms with Crippen molar-refractivity contribution in [2.24, 2.45) is 0 Å². The molecule has 0 radical (unpaired) electrons. The van der Waals surface area contributed by atoms with Crippen LogP contribution in [0.4, 0.5) is 4.79 Å². The Labute approximate surface area is 127 Å². The van der Waals surface area contributed by atoms with Crippen LogP contribution in [0.1, 0.15) is 45.4 Å². The molecule has 1 aliphatic rings. The second-order valence-corrected chi connectivity index (χ2v) is 5.21. The summed E-state index contributed by atoms with van der Waals surface area (Å²) in [6.45, 7) is 6.51. The molecule has 0 aromatic heterocycles. The van der Waals surface area contributed by atoms with Crippen molar-refractivity contribution in [2.45, 2.75) is 51.5 Å². The lowest BCUT2D eigenvalue weighted by Crippen LogP contribution is -2.40. The van der Waals surface area contributed by atoms with E-state index in [1.165, 1.54) is 12.0 Å². The van der Waals surface area contributed by atoms with Crippen LogP contribution in [0, 0.1) is 0 Å².